The van der Waals surface area contributed by atoms with Crippen LogP contribution in [0.15, 0.2) is 23.4 Å². The molecule has 0 radical (unpaired) electrons. The van der Waals surface area contributed by atoms with E-state index in [9.17, 15) is 4.79 Å². The quantitative estimate of drug-likeness (QED) is 0.705. The fourth-order valence-corrected chi connectivity index (χ4v) is 3.50. The zero-order chi connectivity index (χ0) is 17.3. The first-order chi connectivity index (χ1) is 11.4. The lowest BCUT2D eigenvalue weighted by Crippen LogP contribution is -2.29. The molecule has 1 fully saturated rings. The molecule has 1 aromatic heterocycles. The summed E-state index contributed by atoms with van der Waals surface area (Å²) in [4.78, 5) is 17.2. The maximum atomic E-state index is 12.7. The van der Waals surface area contributed by atoms with Crippen LogP contribution in [0.4, 0.5) is 5.69 Å². The number of rotatable bonds is 6. The highest BCUT2D eigenvalue weighted by molar-refractivity contribution is 8.00. The first kappa shape index (κ1) is 17.6. The van der Waals surface area contributed by atoms with Crippen LogP contribution in [0.3, 0.4) is 0 Å². The van der Waals surface area contributed by atoms with Gasteiger partial charge >= 0.3 is 0 Å². The Morgan fingerprint density at radius 3 is 2.79 bits per heavy atom. The van der Waals surface area contributed by atoms with E-state index in [1.165, 1.54) is 11.8 Å². The maximum Gasteiger partial charge on any atom is 0.238 e. The second-order valence-electron chi connectivity index (χ2n) is 6.17. The number of anilines is 1. The zero-order valence-electron chi connectivity index (χ0n) is 13.3. The SMILES string of the molecule is CC(C)C(Sc1n[nH]c(C2CC2)n1)C(=O)Nc1cc(Cl)ccc1Cl. The number of hydrogen-bond donors (Lipinski definition) is 2. The van der Waals surface area contributed by atoms with Gasteiger partial charge in [0.05, 0.1) is 16.0 Å². The van der Waals surface area contributed by atoms with Gasteiger partial charge in [0.25, 0.3) is 0 Å². The molecule has 8 heteroatoms. The van der Waals surface area contributed by atoms with Crippen molar-refractivity contribution in [3.8, 4) is 0 Å². The predicted molar refractivity (Wildman–Crippen MR) is 97.9 cm³/mol. The Balaban J connectivity index is 1.71. The van der Waals surface area contributed by atoms with Gasteiger partial charge in [-0.05, 0) is 37.0 Å². The van der Waals surface area contributed by atoms with Crippen molar-refractivity contribution in [2.45, 2.75) is 43.0 Å². The molecule has 0 spiro atoms. The normalized spacial score (nSPS) is 15.5. The molecule has 1 heterocycles. The van der Waals surface area contributed by atoms with E-state index in [2.05, 4.69) is 20.5 Å². The van der Waals surface area contributed by atoms with Gasteiger partial charge in [0.1, 0.15) is 5.82 Å². The summed E-state index contributed by atoms with van der Waals surface area (Å²) >= 11 is 13.4. The van der Waals surface area contributed by atoms with E-state index in [1.54, 1.807) is 18.2 Å². The summed E-state index contributed by atoms with van der Waals surface area (Å²) in [6, 6.07) is 4.98. The molecule has 2 aromatic rings. The smallest absolute Gasteiger partial charge is 0.238 e. The minimum atomic E-state index is -0.331. The number of aromatic amines is 1. The van der Waals surface area contributed by atoms with Gasteiger partial charge in [-0.2, -0.15) is 0 Å². The van der Waals surface area contributed by atoms with E-state index >= 15 is 0 Å². The number of carbonyl (C=O) groups excluding carboxylic acids is 1. The Hall–Kier alpha value is -1.24. The number of hydrogen-bond acceptors (Lipinski definition) is 4. The number of H-pyrrole nitrogens is 1. The van der Waals surface area contributed by atoms with Crippen molar-refractivity contribution in [1.82, 2.24) is 15.2 Å². The summed E-state index contributed by atoms with van der Waals surface area (Å²) in [5, 5.41) is 11.3. The fourth-order valence-electron chi connectivity index (χ4n) is 2.25. The van der Waals surface area contributed by atoms with Gasteiger partial charge in [0.15, 0.2) is 0 Å². The molecule has 1 aliphatic rings. The number of benzene rings is 1. The summed E-state index contributed by atoms with van der Waals surface area (Å²) in [7, 11) is 0. The van der Waals surface area contributed by atoms with E-state index in [4.69, 9.17) is 23.2 Å². The van der Waals surface area contributed by atoms with Crippen LogP contribution in [0.2, 0.25) is 10.0 Å². The molecule has 3 rings (SSSR count). The van der Waals surface area contributed by atoms with Gasteiger partial charge in [-0.15, -0.1) is 5.10 Å². The van der Waals surface area contributed by atoms with Crippen molar-refractivity contribution >= 4 is 46.6 Å². The van der Waals surface area contributed by atoms with Crippen molar-refractivity contribution in [2.24, 2.45) is 5.92 Å². The minimum absolute atomic E-state index is 0.107. The molecule has 5 nitrogen and oxygen atoms in total. The fraction of sp³-hybridized carbons (Fsp3) is 0.438. The number of nitrogens with one attached hydrogen (secondary N) is 2. The molecule has 1 atom stereocenters. The Bertz CT molecular complexity index is 745. The number of halogens is 2. The highest BCUT2D eigenvalue weighted by Gasteiger charge is 2.29. The number of amides is 1. The lowest BCUT2D eigenvalue weighted by Gasteiger charge is -2.18. The standard InChI is InChI=1S/C16H18Cl2N4OS/c1-8(2)13(24-16-20-14(21-22-16)9-3-4-9)15(23)19-12-7-10(17)5-6-11(12)18/h5-9,13H,3-4H2,1-2H3,(H,19,23)(H,20,21,22). The minimum Gasteiger partial charge on any atom is -0.324 e. The third-order valence-electron chi connectivity index (χ3n) is 3.73. The Labute approximate surface area is 154 Å². The lowest BCUT2D eigenvalue weighted by molar-refractivity contribution is -0.116. The molecular weight excluding hydrogens is 367 g/mol. The Morgan fingerprint density at radius 1 is 1.38 bits per heavy atom. The summed E-state index contributed by atoms with van der Waals surface area (Å²) < 4.78 is 0. The van der Waals surface area contributed by atoms with Crippen LogP contribution in [0.5, 0.6) is 0 Å². The van der Waals surface area contributed by atoms with Gasteiger partial charge in [0.2, 0.25) is 11.1 Å². The van der Waals surface area contributed by atoms with Crippen molar-refractivity contribution in [1.29, 1.82) is 0 Å². The van der Waals surface area contributed by atoms with E-state index in [-0.39, 0.29) is 17.1 Å². The molecular formula is C16H18Cl2N4OS. The van der Waals surface area contributed by atoms with E-state index in [0.29, 0.717) is 26.8 Å². The average molecular weight is 385 g/mol. The highest BCUT2D eigenvalue weighted by atomic mass is 35.5. The van der Waals surface area contributed by atoms with Gasteiger partial charge < -0.3 is 5.32 Å². The van der Waals surface area contributed by atoms with Gasteiger partial charge in [-0.1, -0.05) is 48.8 Å². The molecule has 2 N–H and O–H groups in total. The number of thioether (sulfide) groups is 1. The molecule has 1 aromatic carbocycles. The van der Waals surface area contributed by atoms with E-state index in [1.807, 2.05) is 13.8 Å². The second kappa shape index (κ2) is 7.33. The highest BCUT2D eigenvalue weighted by Crippen LogP contribution is 2.39. The first-order valence-corrected chi connectivity index (χ1v) is 9.42. The lowest BCUT2D eigenvalue weighted by atomic mass is 10.1. The summed E-state index contributed by atoms with van der Waals surface area (Å²) in [5.74, 6) is 1.38. The van der Waals surface area contributed by atoms with Crippen molar-refractivity contribution < 1.29 is 4.79 Å². The second-order valence-corrected chi connectivity index (χ2v) is 8.13. The molecule has 128 valence electrons. The molecule has 0 aliphatic heterocycles. The molecule has 1 unspecified atom stereocenters. The van der Waals surface area contributed by atoms with Crippen LogP contribution < -0.4 is 5.32 Å². The Morgan fingerprint density at radius 2 is 2.12 bits per heavy atom. The molecule has 1 amide bonds. The van der Waals surface area contributed by atoms with Crippen molar-refractivity contribution in [3.63, 3.8) is 0 Å². The number of aromatic nitrogens is 3. The molecule has 24 heavy (non-hydrogen) atoms. The third kappa shape index (κ3) is 4.23. The number of carbonyl (C=O) groups is 1. The van der Waals surface area contributed by atoms with Gasteiger partial charge in [0, 0.05) is 10.9 Å². The summed E-state index contributed by atoms with van der Waals surface area (Å²) in [6.07, 6.45) is 2.31. The molecule has 0 saturated heterocycles. The molecule has 1 aliphatic carbocycles. The zero-order valence-corrected chi connectivity index (χ0v) is 15.7. The van der Waals surface area contributed by atoms with Crippen LogP contribution in [-0.4, -0.2) is 26.3 Å². The van der Waals surface area contributed by atoms with Crippen LogP contribution in [0, 0.1) is 5.92 Å². The van der Waals surface area contributed by atoms with Crippen LogP contribution in [-0.2, 0) is 4.79 Å². The maximum absolute atomic E-state index is 12.7. The predicted octanol–water partition coefficient (Wildman–Crippen LogP) is 4.74. The topological polar surface area (TPSA) is 70.7 Å². The summed E-state index contributed by atoms with van der Waals surface area (Å²) in [5.41, 5.74) is 0.508. The van der Waals surface area contributed by atoms with Gasteiger partial charge in [-0.25, -0.2) is 4.98 Å². The average Bonchev–Trinajstić information content (AvgIpc) is 3.27. The molecule has 0 bridgehead atoms. The van der Waals surface area contributed by atoms with Crippen molar-refractivity contribution in [2.75, 3.05) is 5.32 Å². The van der Waals surface area contributed by atoms with Gasteiger partial charge in [-0.3, -0.25) is 9.89 Å². The molecule has 1 saturated carbocycles. The van der Waals surface area contributed by atoms with Crippen LogP contribution in [0.1, 0.15) is 38.4 Å². The third-order valence-corrected chi connectivity index (χ3v) is 5.70. The van der Waals surface area contributed by atoms with Crippen LogP contribution in [0.25, 0.3) is 0 Å². The monoisotopic (exact) mass is 384 g/mol. The number of nitrogens with zero attached hydrogens (tertiary/aromatic N) is 2. The van der Waals surface area contributed by atoms with E-state index < -0.39 is 0 Å². The first-order valence-electron chi connectivity index (χ1n) is 7.79. The van der Waals surface area contributed by atoms with Crippen LogP contribution >= 0.6 is 35.0 Å². The summed E-state index contributed by atoms with van der Waals surface area (Å²) in [6.45, 7) is 3.98. The van der Waals surface area contributed by atoms with Crippen molar-refractivity contribution in [3.05, 3.63) is 34.1 Å². The Kier molecular flexibility index (Phi) is 5.37. The largest absolute Gasteiger partial charge is 0.324 e. The van der Waals surface area contributed by atoms with E-state index in [0.717, 1.165) is 18.7 Å².